The second kappa shape index (κ2) is 7.11. The molecule has 0 radical (unpaired) electrons. The molecule has 0 aliphatic heterocycles. The Bertz CT molecular complexity index is 835. The van der Waals surface area contributed by atoms with Crippen LogP contribution in [0.15, 0.2) is 23.4 Å². The monoisotopic (exact) mass is 404 g/mol. The third-order valence-corrected chi connectivity index (χ3v) is 5.47. The molecule has 1 aromatic heterocycles. The maximum absolute atomic E-state index is 12.9. The van der Waals surface area contributed by atoms with Gasteiger partial charge in [-0.05, 0) is 38.0 Å². The number of rotatable bonds is 5. The van der Waals surface area contributed by atoms with Crippen molar-refractivity contribution < 1.29 is 18.0 Å². The van der Waals surface area contributed by atoms with Crippen molar-refractivity contribution in [3.05, 3.63) is 34.6 Å². The van der Waals surface area contributed by atoms with Crippen LogP contribution in [0, 0.1) is 0 Å². The highest BCUT2D eigenvalue weighted by atomic mass is 35.5. The highest BCUT2D eigenvalue weighted by molar-refractivity contribution is 8.00. The SMILES string of the molecule is CC(Sc1nnc(C2CC2)n1C)C(=O)Nc1ccc(Cl)c(C(F)(F)F)c1. The Morgan fingerprint density at radius 2 is 2.08 bits per heavy atom. The standard InChI is InChI=1S/C16H16ClF3N4OS/c1-8(26-15-23-22-13(24(15)2)9-3-4-9)14(25)21-10-5-6-12(17)11(7-10)16(18,19)20/h5-9H,3-4H2,1-2H3,(H,21,25). The topological polar surface area (TPSA) is 59.8 Å². The smallest absolute Gasteiger partial charge is 0.325 e. The molecule has 2 aromatic rings. The molecule has 10 heteroatoms. The number of nitrogens with zero attached hydrogens (tertiary/aromatic N) is 3. The molecule has 5 nitrogen and oxygen atoms in total. The minimum absolute atomic E-state index is 0.0378. The summed E-state index contributed by atoms with van der Waals surface area (Å²) in [5.74, 6) is 0.898. The molecule has 1 amide bonds. The van der Waals surface area contributed by atoms with Crippen molar-refractivity contribution in [1.82, 2.24) is 14.8 Å². The fourth-order valence-electron chi connectivity index (χ4n) is 2.40. The molecule has 1 aliphatic rings. The van der Waals surface area contributed by atoms with E-state index < -0.39 is 27.9 Å². The number of halogens is 4. The lowest BCUT2D eigenvalue weighted by Gasteiger charge is -2.14. The number of thioether (sulfide) groups is 1. The average molecular weight is 405 g/mol. The van der Waals surface area contributed by atoms with Gasteiger partial charge in [-0.1, -0.05) is 23.4 Å². The molecule has 1 N–H and O–H groups in total. The number of hydrogen-bond acceptors (Lipinski definition) is 4. The van der Waals surface area contributed by atoms with Crippen LogP contribution in [0.4, 0.5) is 18.9 Å². The molecule has 1 atom stereocenters. The Kier molecular flexibility index (Phi) is 5.21. The highest BCUT2D eigenvalue weighted by Crippen LogP contribution is 2.40. The van der Waals surface area contributed by atoms with Gasteiger partial charge in [-0.2, -0.15) is 13.2 Å². The van der Waals surface area contributed by atoms with Crippen molar-refractivity contribution in [2.24, 2.45) is 7.05 Å². The van der Waals surface area contributed by atoms with Crippen molar-refractivity contribution in [2.45, 2.75) is 42.3 Å². The van der Waals surface area contributed by atoms with E-state index in [-0.39, 0.29) is 5.69 Å². The Labute approximate surface area is 157 Å². The quantitative estimate of drug-likeness (QED) is 0.746. The molecule has 140 valence electrons. The number of amides is 1. The van der Waals surface area contributed by atoms with Crippen LogP contribution < -0.4 is 5.32 Å². The van der Waals surface area contributed by atoms with Gasteiger partial charge in [0.1, 0.15) is 5.82 Å². The third kappa shape index (κ3) is 4.15. The maximum atomic E-state index is 12.9. The molecular weight excluding hydrogens is 389 g/mol. The number of alkyl halides is 3. The summed E-state index contributed by atoms with van der Waals surface area (Å²) < 4.78 is 40.6. The van der Waals surface area contributed by atoms with Crippen LogP contribution in [0.5, 0.6) is 0 Å². The zero-order valence-corrected chi connectivity index (χ0v) is 15.5. The Morgan fingerprint density at radius 1 is 1.38 bits per heavy atom. The number of hydrogen-bond donors (Lipinski definition) is 1. The first kappa shape index (κ1) is 19.0. The molecule has 0 spiro atoms. The summed E-state index contributed by atoms with van der Waals surface area (Å²) >= 11 is 6.79. The molecule has 1 aromatic carbocycles. The second-order valence-corrected chi connectivity index (χ2v) is 7.83. The van der Waals surface area contributed by atoms with Crippen LogP contribution in [0.3, 0.4) is 0 Å². The predicted octanol–water partition coefficient (Wildman–Crippen LogP) is 4.48. The fraction of sp³-hybridized carbons (Fsp3) is 0.438. The highest BCUT2D eigenvalue weighted by Gasteiger charge is 2.34. The van der Waals surface area contributed by atoms with E-state index in [1.54, 1.807) is 6.92 Å². The first-order chi connectivity index (χ1) is 12.2. The zero-order valence-electron chi connectivity index (χ0n) is 14.0. The van der Waals surface area contributed by atoms with E-state index in [4.69, 9.17) is 11.6 Å². The van der Waals surface area contributed by atoms with Gasteiger partial charge in [0, 0.05) is 18.7 Å². The van der Waals surface area contributed by atoms with Gasteiger partial charge in [0.2, 0.25) is 5.91 Å². The zero-order chi connectivity index (χ0) is 19.1. The molecule has 0 saturated heterocycles. The minimum Gasteiger partial charge on any atom is -0.325 e. The summed E-state index contributed by atoms with van der Waals surface area (Å²) in [5.41, 5.74) is -0.949. The van der Waals surface area contributed by atoms with E-state index >= 15 is 0 Å². The van der Waals surface area contributed by atoms with Crippen molar-refractivity contribution in [3.63, 3.8) is 0 Å². The van der Waals surface area contributed by atoms with E-state index in [0.717, 1.165) is 30.8 Å². The van der Waals surface area contributed by atoms with Gasteiger partial charge < -0.3 is 9.88 Å². The Hall–Kier alpha value is -1.74. The van der Waals surface area contributed by atoms with E-state index in [1.165, 1.54) is 17.8 Å². The van der Waals surface area contributed by atoms with Gasteiger partial charge in [-0.25, -0.2) is 0 Å². The third-order valence-electron chi connectivity index (χ3n) is 4.00. The van der Waals surface area contributed by atoms with Crippen LogP contribution in [0.2, 0.25) is 5.02 Å². The fourth-order valence-corrected chi connectivity index (χ4v) is 3.45. The van der Waals surface area contributed by atoms with Crippen LogP contribution in [0.1, 0.15) is 37.1 Å². The first-order valence-electron chi connectivity index (χ1n) is 7.90. The number of nitrogens with one attached hydrogen (secondary N) is 1. The van der Waals surface area contributed by atoms with Crippen LogP contribution in [-0.2, 0) is 18.0 Å². The summed E-state index contributed by atoms with van der Waals surface area (Å²) in [7, 11) is 1.84. The lowest BCUT2D eigenvalue weighted by molar-refractivity contribution is -0.137. The number of benzene rings is 1. The lowest BCUT2D eigenvalue weighted by atomic mass is 10.2. The summed E-state index contributed by atoms with van der Waals surface area (Å²) in [4.78, 5) is 12.3. The van der Waals surface area contributed by atoms with Crippen LogP contribution in [-0.4, -0.2) is 25.9 Å². The maximum Gasteiger partial charge on any atom is 0.417 e. The molecule has 1 fully saturated rings. The molecule has 0 bridgehead atoms. The van der Waals surface area contributed by atoms with E-state index in [2.05, 4.69) is 15.5 Å². The Balaban J connectivity index is 1.68. The molecule has 1 unspecified atom stereocenters. The number of aromatic nitrogens is 3. The normalized spacial score (nSPS) is 15.8. The van der Waals surface area contributed by atoms with Crippen LogP contribution in [0.25, 0.3) is 0 Å². The molecule has 3 rings (SSSR count). The summed E-state index contributed by atoms with van der Waals surface area (Å²) in [6.07, 6.45) is -2.41. The van der Waals surface area contributed by atoms with E-state index in [1.807, 2.05) is 11.6 Å². The largest absolute Gasteiger partial charge is 0.417 e. The molecule has 1 aliphatic carbocycles. The first-order valence-corrected chi connectivity index (χ1v) is 9.16. The lowest BCUT2D eigenvalue weighted by Crippen LogP contribution is -2.23. The summed E-state index contributed by atoms with van der Waals surface area (Å²) in [6.45, 7) is 1.66. The molecule has 26 heavy (non-hydrogen) atoms. The van der Waals surface area contributed by atoms with Gasteiger partial charge >= 0.3 is 6.18 Å². The van der Waals surface area contributed by atoms with Crippen molar-refractivity contribution in [1.29, 1.82) is 0 Å². The van der Waals surface area contributed by atoms with Gasteiger partial charge in [0.05, 0.1) is 15.8 Å². The number of carbonyl (C=O) groups excluding carboxylic acids is 1. The minimum atomic E-state index is -4.59. The average Bonchev–Trinajstić information content (AvgIpc) is 3.33. The second-order valence-electron chi connectivity index (χ2n) is 6.12. The van der Waals surface area contributed by atoms with Gasteiger partial charge in [0.15, 0.2) is 5.16 Å². The summed E-state index contributed by atoms with van der Waals surface area (Å²) in [5, 5.41) is 10.4. The van der Waals surface area contributed by atoms with Crippen molar-refractivity contribution >= 4 is 35.0 Å². The van der Waals surface area contributed by atoms with Gasteiger partial charge in [-0.3, -0.25) is 4.79 Å². The molecule has 1 saturated carbocycles. The molecule has 1 heterocycles. The van der Waals surface area contributed by atoms with Crippen molar-refractivity contribution in [3.8, 4) is 0 Å². The van der Waals surface area contributed by atoms with Gasteiger partial charge in [0.25, 0.3) is 0 Å². The molecular formula is C16H16ClF3N4OS. The van der Waals surface area contributed by atoms with Crippen LogP contribution >= 0.6 is 23.4 Å². The summed E-state index contributed by atoms with van der Waals surface area (Å²) in [6, 6.07) is 3.27. The Morgan fingerprint density at radius 3 is 2.69 bits per heavy atom. The van der Waals surface area contributed by atoms with E-state index in [0.29, 0.717) is 11.1 Å². The predicted molar refractivity (Wildman–Crippen MR) is 93.4 cm³/mol. The van der Waals surface area contributed by atoms with Crippen molar-refractivity contribution in [2.75, 3.05) is 5.32 Å². The number of carbonyl (C=O) groups is 1. The number of anilines is 1. The van der Waals surface area contributed by atoms with E-state index in [9.17, 15) is 18.0 Å². The van der Waals surface area contributed by atoms with Gasteiger partial charge in [-0.15, -0.1) is 10.2 Å².